The van der Waals surface area contributed by atoms with Gasteiger partial charge in [0.2, 0.25) is 11.8 Å². The largest absolute Gasteiger partial charge is 0.345 e. The average molecular weight is 463 g/mol. The summed E-state index contributed by atoms with van der Waals surface area (Å²) in [6, 6.07) is 2.84. The molecule has 10 heteroatoms. The molecule has 0 radical (unpaired) electrons. The van der Waals surface area contributed by atoms with E-state index in [4.69, 9.17) is 0 Å². The summed E-state index contributed by atoms with van der Waals surface area (Å²) in [4.78, 5) is 28.7. The first-order chi connectivity index (χ1) is 15.6. The molecule has 0 saturated heterocycles. The van der Waals surface area contributed by atoms with E-state index in [0.717, 1.165) is 24.0 Å². The van der Waals surface area contributed by atoms with E-state index in [-0.39, 0.29) is 36.4 Å². The third-order valence-corrected chi connectivity index (χ3v) is 5.57. The highest BCUT2D eigenvalue weighted by molar-refractivity contribution is 5.79. The molecule has 1 atom stereocenters. The molecular formula is C23H32F2N6O2. The van der Waals surface area contributed by atoms with Crippen LogP contribution in [0.4, 0.5) is 8.78 Å². The van der Waals surface area contributed by atoms with Gasteiger partial charge in [0.25, 0.3) is 0 Å². The summed E-state index contributed by atoms with van der Waals surface area (Å²) in [5, 5.41) is 11.8. The molecule has 0 unspecified atom stereocenters. The van der Waals surface area contributed by atoms with Gasteiger partial charge < -0.3 is 19.7 Å². The third kappa shape index (κ3) is 6.56. The zero-order valence-corrected chi connectivity index (χ0v) is 19.6. The van der Waals surface area contributed by atoms with Crippen molar-refractivity contribution < 1.29 is 18.4 Å². The molecule has 2 heterocycles. The maximum absolute atomic E-state index is 14.0. The number of hydrogen-bond acceptors (Lipinski definition) is 5. The third-order valence-electron chi connectivity index (χ3n) is 5.57. The van der Waals surface area contributed by atoms with Gasteiger partial charge >= 0.3 is 0 Å². The fourth-order valence-electron chi connectivity index (χ4n) is 4.03. The number of benzene rings is 1. The Morgan fingerprint density at radius 3 is 2.61 bits per heavy atom. The van der Waals surface area contributed by atoms with Crippen molar-refractivity contribution in [1.82, 2.24) is 29.9 Å². The van der Waals surface area contributed by atoms with Crippen LogP contribution in [-0.2, 0) is 29.0 Å². The summed E-state index contributed by atoms with van der Waals surface area (Å²) in [6.45, 7) is 5.71. The molecule has 0 spiro atoms. The van der Waals surface area contributed by atoms with Crippen LogP contribution in [-0.4, -0.2) is 70.1 Å². The molecule has 0 aliphatic carbocycles. The van der Waals surface area contributed by atoms with Crippen molar-refractivity contribution in [3.05, 3.63) is 47.0 Å². The standard InChI is InChI=1S/C23H32F2N6O2/c1-15(2)11-19(26-21(32)14-29(3)4)23-28-27-20-7-8-30(9-10-31(20)23)22(33)13-16-12-17(24)5-6-18(16)25/h5-6,12,15,19H,7-11,13-14H2,1-4H3,(H,26,32)/t19-/m1/s1. The lowest BCUT2D eigenvalue weighted by molar-refractivity contribution is -0.130. The normalized spacial score (nSPS) is 14.8. The molecule has 1 aromatic heterocycles. The lowest BCUT2D eigenvalue weighted by atomic mass is 10.0. The van der Waals surface area contributed by atoms with Crippen molar-refractivity contribution in [2.75, 3.05) is 33.7 Å². The Balaban J connectivity index is 1.72. The van der Waals surface area contributed by atoms with Crippen LogP contribution in [0.3, 0.4) is 0 Å². The minimum Gasteiger partial charge on any atom is -0.345 e. The molecule has 2 aromatic rings. The zero-order valence-electron chi connectivity index (χ0n) is 19.6. The summed E-state index contributed by atoms with van der Waals surface area (Å²) in [6.07, 6.45) is 0.997. The van der Waals surface area contributed by atoms with Crippen LogP contribution in [0.25, 0.3) is 0 Å². The number of hydrogen-bond donors (Lipinski definition) is 1. The Hall–Kier alpha value is -2.88. The topological polar surface area (TPSA) is 83.4 Å². The first-order valence-electron chi connectivity index (χ1n) is 11.2. The summed E-state index contributed by atoms with van der Waals surface area (Å²) >= 11 is 0. The number of carbonyl (C=O) groups is 2. The van der Waals surface area contributed by atoms with Crippen LogP contribution in [0.15, 0.2) is 18.2 Å². The number of likely N-dealkylation sites (N-methyl/N-ethyl adjacent to an activating group) is 1. The van der Waals surface area contributed by atoms with Crippen LogP contribution in [0.2, 0.25) is 0 Å². The van der Waals surface area contributed by atoms with Gasteiger partial charge in [0.1, 0.15) is 17.5 Å². The van der Waals surface area contributed by atoms with Gasteiger partial charge in [-0.15, -0.1) is 10.2 Å². The van der Waals surface area contributed by atoms with Crippen LogP contribution < -0.4 is 5.32 Å². The summed E-state index contributed by atoms with van der Waals surface area (Å²) in [5.41, 5.74) is 0.0462. The monoisotopic (exact) mass is 462 g/mol. The lowest BCUT2D eigenvalue weighted by Crippen LogP contribution is -2.38. The molecule has 3 rings (SSSR count). The molecule has 33 heavy (non-hydrogen) atoms. The number of carbonyl (C=O) groups excluding carboxylic acids is 2. The van der Waals surface area contributed by atoms with E-state index >= 15 is 0 Å². The predicted octanol–water partition coefficient (Wildman–Crippen LogP) is 1.95. The zero-order chi connectivity index (χ0) is 24.1. The SMILES string of the molecule is CC(C)C[C@@H](NC(=O)CN(C)C)c1nnc2n1CCN(C(=O)Cc1cc(F)ccc1F)CC2. The first-order valence-corrected chi connectivity index (χ1v) is 11.2. The number of rotatable bonds is 8. The van der Waals surface area contributed by atoms with Gasteiger partial charge in [0.05, 0.1) is 19.0 Å². The van der Waals surface area contributed by atoms with Crippen molar-refractivity contribution in [2.24, 2.45) is 5.92 Å². The van der Waals surface area contributed by atoms with Gasteiger partial charge in [-0.3, -0.25) is 9.59 Å². The number of aromatic nitrogens is 3. The molecular weight excluding hydrogens is 430 g/mol. The Labute approximate surface area is 193 Å². The fraction of sp³-hybridized carbons (Fsp3) is 0.565. The molecule has 1 N–H and O–H groups in total. The van der Waals surface area contributed by atoms with Gasteiger partial charge in [0, 0.05) is 31.6 Å². The molecule has 1 aliphatic heterocycles. The van der Waals surface area contributed by atoms with E-state index in [1.807, 2.05) is 18.7 Å². The predicted molar refractivity (Wildman–Crippen MR) is 119 cm³/mol. The molecule has 1 aliphatic rings. The summed E-state index contributed by atoms with van der Waals surface area (Å²) < 4.78 is 29.4. The average Bonchev–Trinajstić information content (AvgIpc) is 3.00. The van der Waals surface area contributed by atoms with Gasteiger partial charge in [-0.25, -0.2) is 8.78 Å². The molecule has 8 nitrogen and oxygen atoms in total. The van der Waals surface area contributed by atoms with Gasteiger partial charge in [-0.2, -0.15) is 0 Å². The minimum absolute atomic E-state index is 0.0462. The Morgan fingerprint density at radius 1 is 1.15 bits per heavy atom. The van der Waals surface area contributed by atoms with Crippen molar-refractivity contribution in [1.29, 1.82) is 0 Å². The molecule has 2 amide bonds. The van der Waals surface area contributed by atoms with E-state index in [1.165, 1.54) is 0 Å². The Morgan fingerprint density at radius 2 is 1.91 bits per heavy atom. The van der Waals surface area contributed by atoms with Gasteiger partial charge in [-0.1, -0.05) is 13.8 Å². The van der Waals surface area contributed by atoms with Crippen LogP contribution in [0.5, 0.6) is 0 Å². The van der Waals surface area contributed by atoms with Gasteiger partial charge in [-0.05, 0) is 44.6 Å². The minimum atomic E-state index is -0.594. The van der Waals surface area contributed by atoms with Crippen molar-refractivity contribution in [2.45, 2.75) is 45.7 Å². The number of nitrogens with zero attached hydrogens (tertiary/aromatic N) is 5. The van der Waals surface area contributed by atoms with E-state index in [0.29, 0.717) is 44.2 Å². The second kappa shape index (κ2) is 10.8. The maximum Gasteiger partial charge on any atom is 0.234 e. The molecule has 180 valence electrons. The van der Waals surface area contributed by atoms with Crippen LogP contribution >= 0.6 is 0 Å². The van der Waals surface area contributed by atoms with Crippen molar-refractivity contribution >= 4 is 11.8 Å². The quantitative estimate of drug-likeness (QED) is 0.649. The molecule has 1 aromatic carbocycles. The first kappa shape index (κ1) is 24.8. The second-order valence-corrected chi connectivity index (χ2v) is 9.16. The highest BCUT2D eigenvalue weighted by atomic mass is 19.1. The fourth-order valence-corrected chi connectivity index (χ4v) is 4.03. The van der Waals surface area contributed by atoms with Crippen LogP contribution in [0.1, 0.15) is 43.5 Å². The lowest BCUT2D eigenvalue weighted by Gasteiger charge is -2.23. The number of nitrogens with one attached hydrogen (secondary N) is 1. The number of fused-ring (bicyclic) bond motifs is 1. The summed E-state index contributed by atoms with van der Waals surface area (Å²) in [7, 11) is 3.67. The van der Waals surface area contributed by atoms with E-state index in [1.54, 1.807) is 9.80 Å². The van der Waals surface area contributed by atoms with Crippen LogP contribution in [0, 0.1) is 17.6 Å². The summed E-state index contributed by atoms with van der Waals surface area (Å²) in [5.74, 6) is 0.225. The highest BCUT2D eigenvalue weighted by Gasteiger charge is 2.27. The number of amides is 2. The van der Waals surface area contributed by atoms with E-state index in [9.17, 15) is 18.4 Å². The van der Waals surface area contributed by atoms with Crippen molar-refractivity contribution in [3.63, 3.8) is 0 Å². The second-order valence-electron chi connectivity index (χ2n) is 9.16. The van der Waals surface area contributed by atoms with Gasteiger partial charge in [0.15, 0.2) is 5.82 Å². The molecule has 0 fully saturated rings. The number of halogens is 2. The molecule has 0 bridgehead atoms. The van der Waals surface area contributed by atoms with E-state index in [2.05, 4.69) is 29.4 Å². The highest BCUT2D eigenvalue weighted by Crippen LogP contribution is 2.22. The smallest absolute Gasteiger partial charge is 0.234 e. The maximum atomic E-state index is 14.0. The Bertz CT molecular complexity index is 991. The Kier molecular flexibility index (Phi) is 8.12. The van der Waals surface area contributed by atoms with Crippen molar-refractivity contribution in [3.8, 4) is 0 Å². The van der Waals surface area contributed by atoms with E-state index < -0.39 is 11.6 Å². The molecule has 0 saturated carbocycles.